The highest BCUT2D eigenvalue weighted by molar-refractivity contribution is 6.34. The van der Waals surface area contributed by atoms with Crippen molar-refractivity contribution in [1.82, 2.24) is 29.5 Å². The summed E-state index contributed by atoms with van der Waals surface area (Å²) in [5.41, 5.74) is 7.95. The number of imidazole rings is 1. The summed E-state index contributed by atoms with van der Waals surface area (Å²) < 4.78 is 1.77. The van der Waals surface area contributed by atoms with E-state index in [4.69, 9.17) is 28.9 Å². The van der Waals surface area contributed by atoms with Crippen molar-refractivity contribution in [3.8, 4) is 22.9 Å². The summed E-state index contributed by atoms with van der Waals surface area (Å²) in [5, 5.41) is 0.556. The molecule has 1 aromatic carbocycles. The number of benzene rings is 1. The summed E-state index contributed by atoms with van der Waals surface area (Å²) in [6.07, 6.45) is 2.88. The summed E-state index contributed by atoms with van der Waals surface area (Å²) in [6.45, 7) is 0.301. The summed E-state index contributed by atoms with van der Waals surface area (Å²) in [5.74, 6) is 1.47. The molecule has 3 heterocycles. The van der Waals surface area contributed by atoms with E-state index in [1.807, 2.05) is 30.3 Å². The molecule has 0 saturated carbocycles. The van der Waals surface area contributed by atoms with E-state index in [1.165, 1.54) is 6.33 Å². The number of hydrogen-bond donors (Lipinski definition) is 1. The molecule has 0 atom stereocenters. The van der Waals surface area contributed by atoms with E-state index >= 15 is 0 Å². The second-order valence-corrected chi connectivity index (χ2v) is 5.99. The highest BCUT2D eigenvalue weighted by Gasteiger charge is 2.21. The van der Waals surface area contributed by atoms with Gasteiger partial charge in [0.2, 0.25) is 0 Å². The number of anilines is 1. The molecule has 2 aliphatic heterocycles. The minimum Gasteiger partial charge on any atom is -0.382 e. The van der Waals surface area contributed by atoms with Gasteiger partial charge < -0.3 is 10.3 Å². The number of halogens is 2. The molecule has 7 nitrogen and oxygen atoms in total. The Balaban J connectivity index is 1.83. The maximum atomic E-state index is 6.13. The number of rotatable bonds is 3. The summed E-state index contributed by atoms with van der Waals surface area (Å²) in [7, 11) is 0. The van der Waals surface area contributed by atoms with Gasteiger partial charge in [0, 0.05) is 11.1 Å². The fourth-order valence-electron chi connectivity index (χ4n) is 2.46. The van der Waals surface area contributed by atoms with Crippen LogP contribution in [0.2, 0.25) is 10.3 Å². The van der Waals surface area contributed by atoms with E-state index in [1.54, 1.807) is 10.9 Å². The molecular weight excluding hydrogens is 361 g/mol. The van der Waals surface area contributed by atoms with Gasteiger partial charge in [-0.1, -0.05) is 53.5 Å². The minimum absolute atomic E-state index is 0.278. The van der Waals surface area contributed by atoms with Crippen molar-refractivity contribution in [1.29, 1.82) is 0 Å². The van der Waals surface area contributed by atoms with Gasteiger partial charge >= 0.3 is 0 Å². The number of aromatic nitrogens is 6. The molecular formula is C16H11Cl2N7. The van der Waals surface area contributed by atoms with Crippen LogP contribution in [0.25, 0.3) is 22.9 Å². The third-order valence-electron chi connectivity index (χ3n) is 3.69. The lowest BCUT2D eigenvalue weighted by molar-refractivity contribution is 0.756. The molecule has 2 aliphatic rings. The van der Waals surface area contributed by atoms with Crippen LogP contribution in [0, 0.1) is 0 Å². The van der Waals surface area contributed by atoms with Crippen LogP contribution in [0.3, 0.4) is 0 Å². The van der Waals surface area contributed by atoms with Gasteiger partial charge in [-0.15, -0.1) is 0 Å². The lowest BCUT2D eigenvalue weighted by Crippen LogP contribution is -2.10. The zero-order chi connectivity index (χ0) is 17.4. The molecule has 0 unspecified atom stereocenters. The van der Waals surface area contributed by atoms with Crippen molar-refractivity contribution in [2.45, 2.75) is 6.54 Å². The van der Waals surface area contributed by atoms with Crippen LogP contribution in [0.4, 0.5) is 5.82 Å². The average molecular weight is 372 g/mol. The van der Waals surface area contributed by atoms with E-state index in [9.17, 15) is 0 Å². The second-order valence-electron chi connectivity index (χ2n) is 5.28. The van der Waals surface area contributed by atoms with Crippen molar-refractivity contribution >= 4 is 29.0 Å². The lowest BCUT2D eigenvalue weighted by Gasteiger charge is -2.12. The van der Waals surface area contributed by atoms with Crippen molar-refractivity contribution in [3.05, 3.63) is 58.9 Å². The summed E-state index contributed by atoms with van der Waals surface area (Å²) in [6, 6.07) is 9.64. The highest BCUT2D eigenvalue weighted by Crippen LogP contribution is 2.29. The molecule has 124 valence electrons. The molecule has 2 N–H and O–H groups in total. The summed E-state index contributed by atoms with van der Waals surface area (Å²) in [4.78, 5) is 21.2. The van der Waals surface area contributed by atoms with E-state index in [2.05, 4.69) is 24.9 Å². The zero-order valence-corrected chi connectivity index (χ0v) is 14.3. The third-order valence-corrected chi connectivity index (χ3v) is 4.34. The first-order valence-corrected chi connectivity index (χ1v) is 8.07. The van der Waals surface area contributed by atoms with Gasteiger partial charge in [0.1, 0.15) is 16.6 Å². The fourth-order valence-corrected chi connectivity index (χ4v) is 2.89. The molecule has 0 radical (unpaired) electrons. The van der Waals surface area contributed by atoms with E-state index in [0.717, 1.165) is 5.56 Å². The molecule has 0 aliphatic carbocycles. The Morgan fingerprint density at radius 2 is 1.68 bits per heavy atom. The normalized spacial score (nSPS) is 11.1. The van der Waals surface area contributed by atoms with Crippen LogP contribution in [-0.2, 0) is 6.54 Å². The maximum Gasteiger partial charge on any atom is 0.166 e. The number of nitrogen functional groups attached to an aromatic ring is 1. The Bertz CT molecular complexity index is 996. The zero-order valence-electron chi connectivity index (χ0n) is 12.8. The quantitative estimate of drug-likeness (QED) is 0.555. The first-order valence-electron chi connectivity index (χ1n) is 7.32. The highest BCUT2D eigenvalue weighted by atomic mass is 35.5. The molecule has 0 bridgehead atoms. The Morgan fingerprint density at radius 3 is 2.40 bits per heavy atom. The largest absolute Gasteiger partial charge is 0.382 e. The SMILES string of the molecule is Nc1ncn(Cc2c(Cl)ncnc2Cl)c2nc(-c3ccccc3)nc1-2. The standard InChI is InChI=1S/C16H11Cl2N7/c17-12-10(13(18)21-7-20-12)6-25-8-22-14(19)11-16(25)24-15(23-11)9-4-2-1-3-5-9/h1-5,7-8H,6,19H2. The molecule has 1 aromatic heterocycles. The van der Waals surface area contributed by atoms with Crippen LogP contribution in [0.15, 0.2) is 43.0 Å². The van der Waals surface area contributed by atoms with Crippen LogP contribution >= 0.6 is 23.2 Å². The average Bonchev–Trinajstić information content (AvgIpc) is 3.07. The second kappa shape index (κ2) is 6.27. The van der Waals surface area contributed by atoms with Gasteiger partial charge in [-0.3, -0.25) is 0 Å². The Morgan fingerprint density at radius 1 is 0.960 bits per heavy atom. The van der Waals surface area contributed by atoms with E-state index in [0.29, 0.717) is 35.3 Å². The van der Waals surface area contributed by atoms with Gasteiger partial charge in [0.25, 0.3) is 0 Å². The van der Waals surface area contributed by atoms with Gasteiger partial charge in [-0.25, -0.2) is 24.9 Å². The smallest absolute Gasteiger partial charge is 0.166 e. The molecule has 25 heavy (non-hydrogen) atoms. The first-order chi connectivity index (χ1) is 12.1. The molecule has 0 saturated heterocycles. The molecule has 9 heteroatoms. The predicted octanol–water partition coefficient (Wildman–Crippen LogP) is 3.17. The Kier molecular flexibility index (Phi) is 3.95. The van der Waals surface area contributed by atoms with E-state index in [-0.39, 0.29) is 10.3 Å². The number of fused-ring (bicyclic) bond motifs is 1. The number of nitrogens with two attached hydrogens (primary N) is 1. The lowest BCUT2D eigenvalue weighted by atomic mass is 10.2. The van der Waals surface area contributed by atoms with Gasteiger partial charge in [0.15, 0.2) is 23.2 Å². The van der Waals surface area contributed by atoms with Crippen molar-refractivity contribution < 1.29 is 0 Å². The Labute approximate surface area is 152 Å². The van der Waals surface area contributed by atoms with Crippen LogP contribution in [0.1, 0.15) is 5.56 Å². The first kappa shape index (κ1) is 15.7. The van der Waals surface area contributed by atoms with Gasteiger partial charge in [-0.2, -0.15) is 0 Å². The topological polar surface area (TPSA) is 95.4 Å². The molecule has 0 amide bonds. The fraction of sp³-hybridized carbons (Fsp3) is 0.0625. The van der Waals surface area contributed by atoms with Crippen molar-refractivity contribution in [2.75, 3.05) is 5.73 Å². The van der Waals surface area contributed by atoms with Crippen LogP contribution in [-0.4, -0.2) is 29.5 Å². The van der Waals surface area contributed by atoms with Crippen LogP contribution < -0.4 is 5.73 Å². The molecule has 0 fully saturated rings. The van der Waals surface area contributed by atoms with E-state index < -0.39 is 0 Å². The maximum absolute atomic E-state index is 6.13. The van der Waals surface area contributed by atoms with Crippen molar-refractivity contribution in [3.63, 3.8) is 0 Å². The minimum atomic E-state index is 0.278. The molecule has 2 aromatic rings. The van der Waals surface area contributed by atoms with Gasteiger partial charge in [0.05, 0.1) is 12.9 Å². The van der Waals surface area contributed by atoms with Crippen molar-refractivity contribution in [2.24, 2.45) is 0 Å². The summed E-state index contributed by atoms with van der Waals surface area (Å²) >= 11 is 12.3. The Hall–Kier alpha value is -2.77. The van der Waals surface area contributed by atoms with Gasteiger partial charge in [-0.05, 0) is 0 Å². The third kappa shape index (κ3) is 2.88. The predicted molar refractivity (Wildman–Crippen MR) is 95.4 cm³/mol. The van der Waals surface area contributed by atoms with Crippen LogP contribution in [0.5, 0.6) is 0 Å². The number of nitrogens with zero attached hydrogens (tertiary/aromatic N) is 6. The number of hydrogen-bond acceptors (Lipinski definition) is 6. The molecule has 4 rings (SSSR count). The molecule has 0 spiro atoms. The monoisotopic (exact) mass is 371 g/mol.